The first-order valence-corrected chi connectivity index (χ1v) is 8.79. The summed E-state index contributed by atoms with van der Waals surface area (Å²) in [6, 6.07) is 12.6. The van der Waals surface area contributed by atoms with Crippen LogP contribution in [0.3, 0.4) is 0 Å². The van der Waals surface area contributed by atoms with Gasteiger partial charge in [-0.25, -0.2) is 13.4 Å². The van der Waals surface area contributed by atoms with Crippen LogP contribution < -0.4 is 5.32 Å². The summed E-state index contributed by atoms with van der Waals surface area (Å²) >= 11 is 0. The Hall–Kier alpha value is -2.51. The predicted octanol–water partition coefficient (Wildman–Crippen LogP) is 2.26. The molecular formula is C17H19N3O3S. The molecule has 0 atom stereocenters. The normalized spacial score (nSPS) is 11.8. The standard InChI is InChI=1S/C17H19N3O3S/c1-14-8-10-18-16(12-14)19-17(21)13-20(2)24(22,23)11-9-15-6-4-3-5-7-15/h3-12H,13H2,1-2H3,(H,18,19,21). The molecule has 0 aliphatic carbocycles. The highest BCUT2D eigenvalue weighted by Crippen LogP contribution is 2.08. The molecule has 6 nitrogen and oxygen atoms in total. The van der Waals surface area contributed by atoms with Crippen LogP contribution in [-0.4, -0.2) is 37.2 Å². The molecule has 0 saturated heterocycles. The van der Waals surface area contributed by atoms with E-state index in [9.17, 15) is 13.2 Å². The van der Waals surface area contributed by atoms with Gasteiger partial charge in [-0.3, -0.25) is 4.79 Å². The van der Waals surface area contributed by atoms with Gasteiger partial charge in [0.15, 0.2) is 0 Å². The number of hydrogen-bond donors (Lipinski definition) is 1. The van der Waals surface area contributed by atoms with E-state index >= 15 is 0 Å². The van der Waals surface area contributed by atoms with E-state index < -0.39 is 15.9 Å². The minimum absolute atomic E-state index is 0.295. The lowest BCUT2D eigenvalue weighted by atomic mass is 10.2. The molecule has 2 rings (SSSR count). The Balaban J connectivity index is 1.98. The number of aryl methyl sites for hydroxylation is 1. The fourth-order valence-electron chi connectivity index (χ4n) is 1.91. The lowest BCUT2D eigenvalue weighted by Crippen LogP contribution is -2.33. The molecule has 1 amide bonds. The molecule has 0 fully saturated rings. The second kappa shape index (κ2) is 7.85. The number of nitrogens with one attached hydrogen (secondary N) is 1. The zero-order valence-electron chi connectivity index (χ0n) is 13.5. The summed E-state index contributed by atoms with van der Waals surface area (Å²) < 4.78 is 25.4. The Bertz CT molecular complexity index is 833. The number of pyridine rings is 1. The van der Waals surface area contributed by atoms with Crippen molar-refractivity contribution in [1.29, 1.82) is 0 Å². The zero-order valence-corrected chi connectivity index (χ0v) is 14.3. The van der Waals surface area contributed by atoms with Crippen LogP contribution in [0, 0.1) is 6.92 Å². The number of sulfonamides is 1. The first kappa shape index (κ1) is 17.8. The Kier molecular flexibility index (Phi) is 5.83. The van der Waals surface area contributed by atoms with E-state index in [1.165, 1.54) is 13.1 Å². The smallest absolute Gasteiger partial charge is 0.240 e. The van der Waals surface area contributed by atoms with E-state index in [0.29, 0.717) is 5.82 Å². The number of rotatable bonds is 6. The minimum atomic E-state index is -3.68. The fourth-order valence-corrected chi connectivity index (χ4v) is 2.75. The summed E-state index contributed by atoms with van der Waals surface area (Å²) in [6.07, 6.45) is 3.07. The highest BCUT2D eigenvalue weighted by molar-refractivity contribution is 7.92. The molecule has 0 bridgehead atoms. The quantitative estimate of drug-likeness (QED) is 0.871. The molecule has 0 spiro atoms. The van der Waals surface area contributed by atoms with E-state index in [2.05, 4.69) is 10.3 Å². The molecule has 0 saturated carbocycles. The maximum absolute atomic E-state index is 12.2. The molecule has 7 heteroatoms. The van der Waals surface area contributed by atoms with Crippen molar-refractivity contribution in [1.82, 2.24) is 9.29 Å². The van der Waals surface area contributed by atoms with Gasteiger partial charge >= 0.3 is 0 Å². The average molecular weight is 345 g/mol. The van der Waals surface area contributed by atoms with Gasteiger partial charge in [-0.1, -0.05) is 30.3 Å². The summed E-state index contributed by atoms with van der Waals surface area (Å²) in [5, 5.41) is 3.66. The third-order valence-corrected chi connectivity index (χ3v) is 4.69. The summed E-state index contributed by atoms with van der Waals surface area (Å²) in [4.78, 5) is 16.0. The van der Waals surface area contributed by atoms with Crippen LogP contribution in [0.5, 0.6) is 0 Å². The summed E-state index contributed by atoms with van der Waals surface area (Å²) in [7, 11) is -2.33. The Morgan fingerprint density at radius 1 is 1.25 bits per heavy atom. The second-order valence-corrected chi connectivity index (χ2v) is 7.21. The third kappa shape index (κ3) is 5.29. The first-order chi connectivity index (χ1) is 11.4. The van der Waals surface area contributed by atoms with Gasteiger partial charge in [0.05, 0.1) is 6.54 Å². The summed E-state index contributed by atoms with van der Waals surface area (Å²) in [6.45, 7) is 1.58. The van der Waals surface area contributed by atoms with Crippen molar-refractivity contribution in [3.8, 4) is 0 Å². The number of amides is 1. The van der Waals surface area contributed by atoms with Crippen molar-refractivity contribution in [2.75, 3.05) is 18.9 Å². The van der Waals surface area contributed by atoms with Crippen molar-refractivity contribution in [2.45, 2.75) is 6.92 Å². The van der Waals surface area contributed by atoms with E-state index in [4.69, 9.17) is 0 Å². The SMILES string of the molecule is Cc1ccnc(NC(=O)CN(C)S(=O)(=O)C=Cc2ccccc2)c1. The summed E-state index contributed by atoms with van der Waals surface area (Å²) in [5.74, 6) is -0.0575. The number of carbonyl (C=O) groups excluding carboxylic acids is 1. The van der Waals surface area contributed by atoms with Crippen molar-refractivity contribution >= 4 is 27.8 Å². The first-order valence-electron chi connectivity index (χ1n) is 7.29. The Morgan fingerprint density at radius 2 is 1.96 bits per heavy atom. The van der Waals surface area contributed by atoms with Gasteiger partial charge in [0.25, 0.3) is 0 Å². The number of hydrogen-bond acceptors (Lipinski definition) is 4. The van der Waals surface area contributed by atoms with Crippen LogP contribution in [0.1, 0.15) is 11.1 Å². The van der Waals surface area contributed by atoms with Gasteiger partial charge in [0.1, 0.15) is 5.82 Å². The molecule has 24 heavy (non-hydrogen) atoms. The second-order valence-electron chi connectivity index (χ2n) is 5.28. The monoisotopic (exact) mass is 345 g/mol. The molecule has 1 aromatic heterocycles. The number of aromatic nitrogens is 1. The molecule has 1 N–H and O–H groups in total. The van der Waals surface area contributed by atoms with E-state index in [0.717, 1.165) is 20.8 Å². The van der Waals surface area contributed by atoms with Crippen LogP contribution in [0.4, 0.5) is 5.82 Å². The van der Waals surface area contributed by atoms with Crippen LogP contribution in [0.2, 0.25) is 0 Å². The zero-order chi connectivity index (χ0) is 17.6. The highest BCUT2D eigenvalue weighted by atomic mass is 32.2. The molecule has 0 aliphatic rings. The number of anilines is 1. The van der Waals surface area contributed by atoms with Gasteiger partial charge in [0.2, 0.25) is 15.9 Å². The fraction of sp³-hybridized carbons (Fsp3) is 0.176. The molecular weight excluding hydrogens is 326 g/mol. The van der Waals surface area contributed by atoms with Crippen LogP contribution >= 0.6 is 0 Å². The average Bonchev–Trinajstić information content (AvgIpc) is 2.54. The maximum Gasteiger partial charge on any atom is 0.240 e. The lowest BCUT2D eigenvalue weighted by molar-refractivity contribution is -0.116. The van der Waals surface area contributed by atoms with Crippen LogP contribution in [0.25, 0.3) is 6.08 Å². The molecule has 1 heterocycles. The minimum Gasteiger partial charge on any atom is -0.310 e. The van der Waals surface area contributed by atoms with E-state index in [1.807, 2.05) is 25.1 Å². The van der Waals surface area contributed by atoms with Gasteiger partial charge in [0, 0.05) is 18.7 Å². The van der Waals surface area contributed by atoms with Crippen molar-refractivity contribution in [2.24, 2.45) is 0 Å². The topological polar surface area (TPSA) is 79.4 Å². The number of nitrogens with zero attached hydrogens (tertiary/aromatic N) is 2. The molecule has 0 radical (unpaired) electrons. The molecule has 0 aliphatic heterocycles. The molecule has 126 valence electrons. The maximum atomic E-state index is 12.2. The van der Waals surface area contributed by atoms with E-state index in [-0.39, 0.29) is 6.54 Å². The lowest BCUT2D eigenvalue weighted by Gasteiger charge is -2.14. The highest BCUT2D eigenvalue weighted by Gasteiger charge is 2.18. The van der Waals surface area contributed by atoms with Crippen molar-refractivity contribution < 1.29 is 13.2 Å². The third-order valence-electron chi connectivity index (χ3n) is 3.22. The largest absolute Gasteiger partial charge is 0.310 e. The molecule has 2 aromatic rings. The van der Waals surface area contributed by atoms with Gasteiger partial charge < -0.3 is 5.32 Å². The molecule has 0 unspecified atom stereocenters. The van der Waals surface area contributed by atoms with Gasteiger partial charge in [-0.2, -0.15) is 4.31 Å². The van der Waals surface area contributed by atoms with Gasteiger partial charge in [-0.05, 0) is 36.3 Å². The van der Waals surface area contributed by atoms with Crippen LogP contribution in [0.15, 0.2) is 54.1 Å². The van der Waals surface area contributed by atoms with Crippen LogP contribution in [-0.2, 0) is 14.8 Å². The Labute approximate surface area is 141 Å². The summed E-state index contributed by atoms with van der Waals surface area (Å²) in [5.41, 5.74) is 1.72. The number of carbonyl (C=O) groups is 1. The van der Waals surface area contributed by atoms with Gasteiger partial charge in [-0.15, -0.1) is 0 Å². The Morgan fingerprint density at radius 3 is 2.62 bits per heavy atom. The number of benzene rings is 1. The predicted molar refractivity (Wildman–Crippen MR) is 94.6 cm³/mol. The molecule has 1 aromatic carbocycles. The van der Waals surface area contributed by atoms with E-state index in [1.54, 1.807) is 30.5 Å². The number of likely N-dealkylation sites (N-methyl/N-ethyl adjacent to an activating group) is 1. The van der Waals surface area contributed by atoms with Crippen molar-refractivity contribution in [3.05, 3.63) is 65.2 Å². The van der Waals surface area contributed by atoms with Crippen molar-refractivity contribution in [3.63, 3.8) is 0 Å².